The van der Waals surface area contributed by atoms with Gasteiger partial charge in [-0.05, 0) is 29.0 Å². The molecule has 0 aromatic rings. The summed E-state index contributed by atoms with van der Waals surface area (Å²) in [6.45, 7) is 4.25. The largest absolute Gasteiger partial charge is 0.204 e. The van der Waals surface area contributed by atoms with E-state index in [1.165, 1.54) is 0 Å². The van der Waals surface area contributed by atoms with Crippen LogP contribution >= 0.6 is 0 Å². The molecule has 0 heterocycles. The van der Waals surface area contributed by atoms with Crippen LogP contribution in [0.15, 0.2) is 0 Å². The van der Waals surface area contributed by atoms with Crippen LogP contribution < -0.4 is 0 Å². The predicted octanol–water partition coefficient (Wildman–Crippen LogP) is 0.769. The second-order valence-electron chi connectivity index (χ2n) is 1.02. The third kappa shape index (κ3) is 7.80. The third-order valence-electron chi connectivity index (χ3n) is 0.387. The minimum Gasteiger partial charge on any atom is -0.204 e. The van der Waals surface area contributed by atoms with Crippen LogP contribution in [-0.4, -0.2) is 13.2 Å². The average Bonchev–Trinajstić information content (AvgIpc) is 1.89. The minimum absolute atomic E-state index is 0.384. The topological polar surface area (TPSA) is 46.2 Å². The lowest BCUT2D eigenvalue weighted by atomic mass is 10.9. The van der Waals surface area contributed by atoms with E-state index in [4.69, 9.17) is 0 Å². The molecule has 0 radical (unpaired) electrons. The second kappa shape index (κ2) is 7.80. The summed E-state index contributed by atoms with van der Waals surface area (Å²) in [5.74, 6) is 0. The molecule has 56 valence electrons. The van der Waals surface area contributed by atoms with Crippen LogP contribution in [0.25, 0.3) is 0 Å². The van der Waals surface area contributed by atoms with Crippen LogP contribution in [-0.2, 0) is 24.9 Å². The monoisotopic (exact) mass is 138 g/mol. The first-order chi connectivity index (χ1) is 4.41. The first-order valence-corrected chi connectivity index (χ1v) is 2.66. The minimum atomic E-state index is 0.384. The predicted molar refractivity (Wildman–Crippen MR) is 26.5 cm³/mol. The van der Waals surface area contributed by atoms with Crippen LogP contribution in [0, 0.1) is 0 Å². The highest BCUT2D eigenvalue weighted by atomic mass is 17.8. The highest BCUT2D eigenvalue weighted by Gasteiger charge is 1.85. The van der Waals surface area contributed by atoms with Crippen LogP contribution in [0.1, 0.15) is 13.8 Å². The van der Waals surface area contributed by atoms with Gasteiger partial charge in [-0.15, -0.1) is 0 Å². The molecule has 0 aliphatic rings. The molecule has 0 saturated carbocycles. The van der Waals surface area contributed by atoms with E-state index < -0.39 is 0 Å². The zero-order valence-electron chi connectivity index (χ0n) is 5.46. The Morgan fingerprint density at radius 2 is 1.22 bits per heavy atom. The van der Waals surface area contributed by atoms with E-state index in [9.17, 15) is 0 Å². The van der Waals surface area contributed by atoms with Crippen molar-refractivity contribution in [3.63, 3.8) is 0 Å². The number of rotatable bonds is 6. The lowest BCUT2D eigenvalue weighted by Crippen LogP contribution is -1.98. The molecule has 0 aromatic carbocycles. The number of hydrogen-bond acceptors (Lipinski definition) is 5. The fourth-order valence-electron chi connectivity index (χ4n) is 0.147. The van der Waals surface area contributed by atoms with Gasteiger partial charge in [0.1, 0.15) is 0 Å². The van der Waals surface area contributed by atoms with Crippen molar-refractivity contribution in [2.75, 3.05) is 13.2 Å². The van der Waals surface area contributed by atoms with Gasteiger partial charge >= 0.3 is 0 Å². The second-order valence-corrected chi connectivity index (χ2v) is 1.02. The summed E-state index contributed by atoms with van der Waals surface area (Å²) in [5, 5.41) is 11.7. The molecule has 5 heteroatoms. The highest BCUT2D eigenvalue weighted by Crippen LogP contribution is 1.83. The molecule has 0 bridgehead atoms. The van der Waals surface area contributed by atoms with Crippen molar-refractivity contribution >= 4 is 0 Å². The molecule has 0 saturated heterocycles. The summed E-state index contributed by atoms with van der Waals surface area (Å²) in [6, 6.07) is 0. The fraction of sp³-hybridized carbons (Fsp3) is 1.00. The van der Waals surface area contributed by atoms with Gasteiger partial charge in [0.2, 0.25) is 0 Å². The molecule has 0 fully saturated rings. The van der Waals surface area contributed by atoms with E-state index in [-0.39, 0.29) is 0 Å². The summed E-state index contributed by atoms with van der Waals surface area (Å²) in [4.78, 5) is 8.51. The fourth-order valence-corrected chi connectivity index (χ4v) is 0.147. The molecule has 0 unspecified atom stereocenters. The van der Waals surface area contributed by atoms with E-state index in [0.717, 1.165) is 0 Å². The maximum atomic E-state index is 4.25. The zero-order chi connectivity index (χ0) is 6.95. The van der Waals surface area contributed by atoms with Gasteiger partial charge in [0.15, 0.2) is 0 Å². The van der Waals surface area contributed by atoms with E-state index in [1.807, 2.05) is 0 Å². The summed E-state index contributed by atoms with van der Waals surface area (Å²) in [6.07, 6.45) is 0. The van der Waals surface area contributed by atoms with Crippen molar-refractivity contribution in [3.05, 3.63) is 0 Å². The van der Waals surface area contributed by atoms with Crippen LogP contribution in [0.2, 0.25) is 0 Å². The highest BCUT2D eigenvalue weighted by molar-refractivity contribution is 3.90. The number of hydrogen-bond donors (Lipinski definition) is 0. The Labute approximate surface area is 53.1 Å². The molecule has 9 heavy (non-hydrogen) atoms. The molecular weight excluding hydrogens is 128 g/mol. The smallest absolute Gasteiger partial charge is 0.0826 e. The van der Waals surface area contributed by atoms with Crippen LogP contribution in [0.3, 0.4) is 0 Å². The molecule has 0 aliphatic carbocycles. The summed E-state index contributed by atoms with van der Waals surface area (Å²) in [5.41, 5.74) is 0. The van der Waals surface area contributed by atoms with Gasteiger partial charge in [0.05, 0.1) is 13.2 Å². The van der Waals surface area contributed by atoms with E-state index in [1.54, 1.807) is 13.8 Å². The van der Waals surface area contributed by atoms with Gasteiger partial charge in [-0.3, -0.25) is 0 Å². The molecule has 0 amide bonds. The maximum absolute atomic E-state index is 4.25. The Bertz CT molecular complexity index is 42.2. The molecule has 5 nitrogen and oxygen atoms in total. The first-order valence-electron chi connectivity index (χ1n) is 2.66. The maximum Gasteiger partial charge on any atom is 0.0826 e. The Hall–Kier alpha value is -0.200. The standard InChI is InChI=1S/C4H10O5/c1-3-5-7-9-8-6-4-2/h3-4H2,1-2H3. The molecular formula is C4H10O5. The van der Waals surface area contributed by atoms with Crippen molar-refractivity contribution in [2.24, 2.45) is 0 Å². The molecule has 0 rings (SSSR count). The molecule has 0 atom stereocenters. The van der Waals surface area contributed by atoms with Gasteiger partial charge in [-0.2, -0.15) is 0 Å². The Morgan fingerprint density at radius 1 is 0.778 bits per heavy atom. The van der Waals surface area contributed by atoms with Crippen molar-refractivity contribution in [1.82, 2.24) is 0 Å². The van der Waals surface area contributed by atoms with E-state index in [0.29, 0.717) is 13.2 Å². The molecule has 0 aromatic heterocycles. The summed E-state index contributed by atoms with van der Waals surface area (Å²) < 4.78 is 0. The van der Waals surface area contributed by atoms with Crippen LogP contribution in [0.5, 0.6) is 0 Å². The lowest BCUT2D eigenvalue weighted by molar-refractivity contribution is -0.707. The van der Waals surface area contributed by atoms with E-state index in [2.05, 4.69) is 24.9 Å². The Kier molecular flexibility index (Phi) is 7.63. The van der Waals surface area contributed by atoms with Gasteiger partial charge in [-0.1, -0.05) is 0 Å². The lowest BCUT2D eigenvalue weighted by Gasteiger charge is -1.96. The molecule has 0 N–H and O–H groups in total. The average molecular weight is 138 g/mol. The van der Waals surface area contributed by atoms with Crippen molar-refractivity contribution in [3.8, 4) is 0 Å². The quantitative estimate of drug-likeness (QED) is 0.308. The van der Waals surface area contributed by atoms with E-state index >= 15 is 0 Å². The molecule has 0 spiro atoms. The van der Waals surface area contributed by atoms with Gasteiger partial charge in [-0.25, -0.2) is 9.78 Å². The third-order valence-corrected chi connectivity index (χ3v) is 0.387. The van der Waals surface area contributed by atoms with Crippen molar-refractivity contribution in [2.45, 2.75) is 13.8 Å². The summed E-state index contributed by atoms with van der Waals surface area (Å²) >= 11 is 0. The normalized spacial score (nSPS) is 10.0. The van der Waals surface area contributed by atoms with Crippen LogP contribution in [0.4, 0.5) is 0 Å². The first kappa shape index (κ1) is 8.80. The van der Waals surface area contributed by atoms with Gasteiger partial charge in [0.25, 0.3) is 0 Å². The van der Waals surface area contributed by atoms with Crippen molar-refractivity contribution < 1.29 is 24.9 Å². The Balaban J connectivity index is 2.60. The Morgan fingerprint density at radius 3 is 1.56 bits per heavy atom. The van der Waals surface area contributed by atoms with Gasteiger partial charge < -0.3 is 0 Å². The van der Waals surface area contributed by atoms with Gasteiger partial charge in [0, 0.05) is 0 Å². The SMILES string of the molecule is CCOOOOOCC. The molecule has 0 aliphatic heterocycles. The zero-order valence-corrected chi connectivity index (χ0v) is 5.46. The van der Waals surface area contributed by atoms with Crippen molar-refractivity contribution in [1.29, 1.82) is 0 Å². The summed E-state index contributed by atoms with van der Waals surface area (Å²) in [7, 11) is 0.